The van der Waals surface area contributed by atoms with E-state index in [4.69, 9.17) is 9.47 Å². The molecule has 0 bridgehead atoms. The molecule has 34 heavy (non-hydrogen) atoms. The van der Waals surface area contributed by atoms with E-state index in [1.54, 1.807) is 42.5 Å². The molecule has 0 unspecified atom stereocenters. The SMILES string of the molecule is O=C(CSc1nc2ccccc2c(=O)n1-c1ccc(OC(F)F)cc1)c1ccc2c(c1)OCO2. The van der Waals surface area contributed by atoms with Crippen molar-refractivity contribution in [2.24, 2.45) is 0 Å². The number of Topliss-reactive ketones (excluding diaryl/α,β-unsaturated/α-hetero) is 1. The average molecular weight is 482 g/mol. The molecule has 172 valence electrons. The second kappa shape index (κ2) is 9.14. The number of rotatable bonds is 7. The largest absolute Gasteiger partial charge is 0.454 e. The number of halogens is 2. The number of fused-ring (bicyclic) bond motifs is 2. The van der Waals surface area contributed by atoms with Gasteiger partial charge in [-0.15, -0.1) is 0 Å². The van der Waals surface area contributed by atoms with Crippen LogP contribution in [0.15, 0.2) is 76.7 Å². The molecule has 7 nitrogen and oxygen atoms in total. The normalized spacial score (nSPS) is 12.3. The second-order valence-corrected chi connectivity index (χ2v) is 8.15. The molecule has 10 heteroatoms. The fraction of sp³-hybridized carbons (Fsp3) is 0.125. The van der Waals surface area contributed by atoms with Gasteiger partial charge in [-0.25, -0.2) is 4.98 Å². The third-order valence-electron chi connectivity index (χ3n) is 5.09. The number of ketones is 1. The first kappa shape index (κ1) is 21.9. The van der Waals surface area contributed by atoms with Crippen LogP contribution >= 0.6 is 11.8 Å². The van der Waals surface area contributed by atoms with Gasteiger partial charge in [0.25, 0.3) is 5.56 Å². The molecule has 0 aliphatic carbocycles. The van der Waals surface area contributed by atoms with Crippen molar-refractivity contribution in [3.05, 3.63) is 82.6 Å². The quantitative estimate of drug-likeness (QED) is 0.215. The molecule has 5 rings (SSSR count). The van der Waals surface area contributed by atoms with Gasteiger partial charge in [-0.2, -0.15) is 8.78 Å². The second-order valence-electron chi connectivity index (χ2n) is 7.20. The molecular formula is C24H16F2N2O5S. The lowest BCUT2D eigenvalue weighted by molar-refractivity contribution is -0.0498. The standard InChI is InChI=1S/C24H16F2N2O5S/c25-23(26)33-16-8-6-15(7-9-16)28-22(30)17-3-1-2-4-18(17)27-24(28)34-12-19(29)14-5-10-20-21(11-14)32-13-31-20/h1-11,23H,12-13H2. The van der Waals surface area contributed by atoms with Crippen LogP contribution in [0.25, 0.3) is 16.6 Å². The lowest BCUT2D eigenvalue weighted by atomic mass is 10.1. The Morgan fingerprint density at radius 3 is 2.62 bits per heavy atom. The lowest BCUT2D eigenvalue weighted by Crippen LogP contribution is -2.22. The van der Waals surface area contributed by atoms with E-state index in [0.717, 1.165) is 11.8 Å². The summed E-state index contributed by atoms with van der Waals surface area (Å²) >= 11 is 1.10. The van der Waals surface area contributed by atoms with E-state index < -0.39 is 6.61 Å². The number of carbonyl (C=O) groups is 1. The first-order valence-corrected chi connectivity index (χ1v) is 11.1. The Bertz CT molecular complexity index is 1440. The Kier molecular flexibility index (Phi) is 5.89. The van der Waals surface area contributed by atoms with Crippen molar-refractivity contribution < 1.29 is 27.8 Å². The summed E-state index contributed by atoms with van der Waals surface area (Å²) in [7, 11) is 0. The number of hydrogen-bond acceptors (Lipinski definition) is 7. The third-order valence-corrected chi connectivity index (χ3v) is 6.03. The van der Waals surface area contributed by atoms with E-state index in [1.807, 2.05) is 0 Å². The topological polar surface area (TPSA) is 79.7 Å². The molecule has 0 spiro atoms. The van der Waals surface area contributed by atoms with Crippen molar-refractivity contribution in [3.63, 3.8) is 0 Å². The van der Waals surface area contributed by atoms with E-state index >= 15 is 0 Å². The minimum absolute atomic E-state index is 0.0109. The van der Waals surface area contributed by atoms with Crippen molar-refractivity contribution in [1.82, 2.24) is 9.55 Å². The number of aromatic nitrogens is 2. The van der Waals surface area contributed by atoms with Gasteiger partial charge in [0.1, 0.15) is 5.75 Å². The fourth-order valence-corrected chi connectivity index (χ4v) is 4.40. The van der Waals surface area contributed by atoms with E-state index in [1.165, 1.54) is 28.8 Å². The zero-order valence-electron chi connectivity index (χ0n) is 17.4. The van der Waals surface area contributed by atoms with Gasteiger partial charge in [0.2, 0.25) is 6.79 Å². The first-order valence-electron chi connectivity index (χ1n) is 10.1. The van der Waals surface area contributed by atoms with E-state index in [9.17, 15) is 18.4 Å². The maximum absolute atomic E-state index is 13.3. The molecule has 0 saturated heterocycles. The van der Waals surface area contributed by atoms with Crippen LogP contribution in [0.2, 0.25) is 0 Å². The zero-order valence-corrected chi connectivity index (χ0v) is 18.3. The summed E-state index contributed by atoms with van der Waals surface area (Å²) < 4.78 is 41.3. The number of ether oxygens (including phenoxy) is 3. The van der Waals surface area contributed by atoms with Gasteiger partial charge in [0, 0.05) is 5.56 Å². The van der Waals surface area contributed by atoms with Gasteiger partial charge in [0.15, 0.2) is 22.4 Å². The first-order chi connectivity index (χ1) is 16.5. The maximum atomic E-state index is 13.3. The molecule has 0 radical (unpaired) electrons. The van der Waals surface area contributed by atoms with Crippen LogP contribution in [0.5, 0.6) is 17.2 Å². The Balaban J connectivity index is 1.48. The molecule has 0 N–H and O–H groups in total. The molecule has 0 saturated carbocycles. The molecule has 3 aromatic carbocycles. The van der Waals surface area contributed by atoms with Crippen LogP contribution in [-0.4, -0.2) is 34.5 Å². The van der Waals surface area contributed by atoms with Gasteiger partial charge < -0.3 is 14.2 Å². The Morgan fingerprint density at radius 2 is 1.82 bits per heavy atom. The maximum Gasteiger partial charge on any atom is 0.387 e. The van der Waals surface area contributed by atoms with E-state index in [-0.39, 0.29) is 29.6 Å². The van der Waals surface area contributed by atoms with Crippen molar-refractivity contribution in [1.29, 1.82) is 0 Å². The summed E-state index contributed by atoms with van der Waals surface area (Å²) in [5.41, 5.74) is 0.994. The Hall–Kier alpha value is -3.92. The van der Waals surface area contributed by atoms with E-state index in [0.29, 0.717) is 38.8 Å². The molecule has 0 atom stereocenters. The van der Waals surface area contributed by atoms with Crippen LogP contribution in [-0.2, 0) is 0 Å². The van der Waals surface area contributed by atoms with Gasteiger partial charge >= 0.3 is 6.61 Å². The summed E-state index contributed by atoms with van der Waals surface area (Å²) in [6.07, 6.45) is 0. The minimum atomic E-state index is -2.95. The third kappa shape index (κ3) is 4.32. The number of benzene rings is 3. The summed E-state index contributed by atoms with van der Waals surface area (Å²) in [5.74, 6) is 0.874. The molecule has 0 fully saturated rings. The highest BCUT2D eigenvalue weighted by Gasteiger charge is 2.19. The molecule has 1 aliphatic heterocycles. The molecular weight excluding hydrogens is 466 g/mol. The van der Waals surface area contributed by atoms with Gasteiger partial charge in [-0.3, -0.25) is 14.2 Å². The van der Waals surface area contributed by atoms with Crippen molar-refractivity contribution in [2.45, 2.75) is 11.8 Å². The summed E-state index contributed by atoms with van der Waals surface area (Å²) in [6, 6.07) is 17.5. The fourth-order valence-electron chi connectivity index (χ4n) is 3.50. The number of nitrogens with zero attached hydrogens (tertiary/aromatic N) is 2. The molecule has 1 aliphatic rings. The smallest absolute Gasteiger partial charge is 0.387 e. The predicted molar refractivity (Wildman–Crippen MR) is 122 cm³/mol. The number of carbonyl (C=O) groups excluding carboxylic acids is 1. The van der Waals surface area contributed by atoms with Crippen molar-refractivity contribution in [2.75, 3.05) is 12.5 Å². The van der Waals surface area contributed by atoms with Crippen molar-refractivity contribution in [3.8, 4) is 22.9 Å². The molecule has 1 aromatic heterocycles. The molecule has 4 aromatic rings. The van der Waals surface area contributed by atoms with E-state index in [2.05, 4.69) is 9.72 Å². The molecule has 0 amide bonds. The zero-order chi connectivity index (χ0) is 23.7. The Labute approximate surface area is 195 Å². The van der Waals surface area contributed by atoms with Gasteiger partial charge in [-0.05, 0) is 54.6 Å². The van der Waals surface area contributed by atoms with Crippen molar-refractivity contribution >= 4 is 28.4 Å². The van der Waals surface area contributed by atoms with Crippen LogP contribution in [0.3, 0.4) is 0 Å². The highest BCUT2D eigenvalue weighted by atomic mass is 32.2. The summed E-state index contributed by atoms with van der Waals surface area (Å²) in [5, 5.41) is 0.683. The summed E-state index contributed by atoms with van der Waals surface area (Å²) in [4.78, 5) is 30.7. The van der Waals surface area contributed by atoms with Gasteiger partial charge in [0.05, 0.1) is 22.3 Å². The minimum Gasteiger partial charge on any atom is -0.454 e. The average Bonchev–Trinajstić information content (AvgIpc) is 3.31. The van der Waals surface area contributed by atoms with Crippen LogP contribution in [0.4, 0.5) is 8.78 Å². The predicted octanol–water partition coefficient (Wildman–Crippen LogP) is 4.69. The lowest BCUT2D eigenvalue weighted by Gasteiger charge is -2.14. The van der Waals surface area contributed by atoms with Gasteiger partial charge in [-0.1, -0.05) is 23.9 Å². The molecule has 2 heterocycles. The number of hydrogen-bond donors (Lipinski definition) is 0. The highest BCUT2D eigenvalue weighted by Crippen LogP contribution is 2.33. The number of thioether (sulfide) groups is 1. The number of para-hydroxylation sites is 1. The number of alkyl halides is 2. The van der Waals surface area contributed by atoms with Crippen LogP contribution < -0.4 is 19.8 Å². The monoisotopic (exact) mass is 482 g/mol. The van der Waals surface area contributed by atoms with Crippen LogP contribution in [0.1, 0.15) is 10.4 Å². The highest BCUT2D eigenvalue weighted by molar-refractivity contribution is 7.99. The Morgan fingerprint density at radius 1 is 1.06 bits per heavy atom. The van der Waals surface area contributed by atoms with Crippen LogP contribution in [0, 0.1) is 0 Å². The summed E-state index contributed by atoms with van der Waals surface area (Å²) in [6.45, 7) is -2.85.